The maximum Gasteiger partial charge on any atom is 0.491 e. The molecule has 0 atom stereocenters. The highest BCUT2D eigenvalue weighted by Crippen LogP contribution is 2.58. The second-order valence-electron chi connectivity index (χ2n) is 8.42. The topological polar surface area (TPSA) is 52.6 Å². The van der Waals surface area contributed by atoms with E-state index in [9.17, 15) is 9.36 Å². The molecule has 4 rings (SSSR count). The molecule has 6 heteroatoms. The van der Waals surface area contributed by atoms with E-state index < -0.39 is 13.2 Å². The van der Waals surface area contributed by atoms with E-state index in [1.165, 1.54) is 0 Å². The van der Waals surface area contributed by atoms with Crippen LogP contribution >= 0.6 is 7.60 Å². The van der Waals surface area contributed by atoms with E-state index in [0.717, 1.165) is 32.1 Å². The molecule has 0 N–H and O–H groups in total. The Morgan fingerprint density at radius 1 is 0.765 bits per heavy atom. The number of carbonyl (C=O) groups excluding carboxylic acids is 1. The summed E-state index contributed by atoms with van der Waals surface area (Å²) in [5.41, 5.74) is -0.514. The lowest BCUT2D eigenvalue weighted by atomic mass is 9.83. The van der Waals surface area contributed by atoms with Crippen molar-refractivity contribution in [3.05, 3.63) is 102 Å². The summed E-state index contributed by atoms with van der Waals surface area (Å²) in [6, 6.07) is 25.5. The van der Waals surface area contributed by atoms with Crippen LogP contribution in [0.25, 0.3) is 5.57 Å². The third kappa shape index (κ3) is 6.03. The van der Waals surface area contributed by atoms with E-state index in [4.69, 9.17) is 9.05 Å². The molecule has 34 heavy (non-hydrogen) atoms. The summed E-state index contributed by atoms with van der Waals surface area (Å²) in [5.74, 6) is 0.273. The van der Waals surface area contributed by atoms with Gasteiger partial charge in [-0.25, -0.2) is 4.57 Å². The Bertz CT molecular complexity index is 1110. The molecular weight excluding hydrogens is 450 g/mol. The summed E-state index contributed by atoms with van der Waals surface area (Å²) < 4.78 is 41.7. The van der Waals surface area contributed by atoms with Gasteiger partial charge in [-0.05, 0) is 42.7 Å². The number of Topliss-reactive ketones (excluding diaryl/α,β-unsaturated/α-hetero) is 1. The molecule has 0 radical (unpaired) electrons. The molecule has 1 fully saturated rings. The van der Waals surface area contributed by atoms with E-state index >= 15 is 4.39 Å². The van der Waals surface area contributed by atoms with Crippen LogP contribution in [0.2, 0.25) is 0 Å². The highest BCUT2D eigenvalue weighted by atomic mass is 31.2. The Kier molecular flexibility index (Phi) is 7.97. The van der Waals surface area contributed by atoms with E-state index in [0.29, 0.717) is 5.56 Å². The normalized spacial score (nSPS) is 15.3. The van der Waals surface area contributed by atoms with Crippen LogP contribution in [0.15, 0.2) is 96.6 Å². The molecule has 0 amide bonds. The average Bonchev–Trinajstić information content (AvgIpc) is 2.89. The van der Waals surface area contributed by atoms with Crippen molar-refractivity contribution < 1.29 is 22.8 Å². The summed E-state index contributed by atoms with van der Waals surface area (Å²) in [5, 5.41) is 0. The van der Waals surface area contributed by atoms with E-state index in [1.807, 2.05) is 6.07 Å². The number of halogens is 1. The fraction of sp³-hybridized carbons (Fsp3) is 0.250. The predicted octanol–water partition coefficient (Wildman–Crippen LogP) is 8.22. The SMILES string of the molecule is O=C(C/C(=C(/F)P(=O)(Oc1ccccc1)Oc1ccccc1)c1ccccc1)C1CCCCC1. The van der Waals surface area contributed by atoms with Crippen LogP contribution in [0.3, 0.4) is 0 Å². The molecule has 0 aliphatic heterocycles. The van der Waals surface area contributed by atoms with Gasteiger partial charge in [-0.3, -0.25) is 4.79 Å². The molecule has 1 aliphatic rings. The molecule has 0 bridgehead atoms. The van der Waals surface area contributed by atoms with Gasteiger partial charge in [-0.2, -0.15) is 4.39 Å². The van der Waals surface area contributed by atoms with Gasteiger partial charge in [-0.15, -0.1) is 0 Å². The van der Waals surface area contributed by atoms with E-state index in [2.05, 4.69) is 0 Å². The predicted molar refractivity (Wildman–Crippen MR) is 132 cm³/mol. The monoisotopic (exact) mass is 478 g/mol. The molecule has 0 saturated heterocycles. The van der Waals surface area contributed by atoms with Gasteiger partial charge in [-0.1, -0.05) is 86.0 Å². The second kappa shape index (κ2) is 11.3. The molecule has 1 saturated carbocycles. The number of benzene rings is 3. The zero-order chi connectivity index (χ0) is 23.8. The van der Waals surface area contributed by atoms with Crippen molar-refractivity contribution in [2.75, 3.05) is 0 Å². The van der Waals surface area contributed by atoms with Crippen LogP contribution in [0.4, 0.5) is 4.39 Å². The maximum atomic E-state index is 16.3. The van der Waals surface area contributed by atoms with E-state index in [-0.39, 0.29) is 35.2 Å². The number of allylic oxidation sites excluding steroid dienone is 1. The number of rotatable bonds is 9. The van der Waals surface area contributed by atoms with Crippen LogP contribution in [0.1, 0.15) is 44.1 Å². The number of carbonyl (C=O) groups is 1. The van der Waals surface area contributed by atoms with Crippen molar-refractivity contribution in [2.45, 2.75) is 38.5 Å². The summed E-state index contributed by atoms with van der Waals surface area (Å²) in [6.45, 7) is 0. The van der Waals surface area contributed by atoms with Gasteiger partial charge in [0, 0.05) is 17.9 Å². The molecule has 0 aromatic heterocycles. The second-order valence-corrected chi connectivity index (χ2v) is 10.2. The van der Waals surface area contributed by atoms with Crippen molar-refractivity contribution in [2.24, 2.45) is 5.92 Å². The minimum absolute atomic E-state index is 0.0420. The maximum absolute atomic E-state index is 16.3. The molecule has 1 aliphatic carbocycles. The van der Waals surface area contributed by atoms with Gasteiger partial charge in [0.2, 0.25) is 5.57 Å². The van der Waals surface area contributed by atoms with Crippen LogP contribution in [-0.2, 0) is 9.36 Å². The van der Waals surface area contributed by atoms with Gasteiger partial charge in [0.1, 0.15) is 17.3 Å². The van der Waals surface area contributed by atoms with Crippen LogP contribution < -0.4 is 9.05 Å². The lowest BCUT2D eigenvalue weighted by Gasteiger charge is -2.23. The Hall–Kier alpha value is -3.17. The zero-order valence-electron chi connectivity index (χ0n) is 18.9. The van der Waals surface area contributed by atoms with E-state index in [1.54, 1.807) is 84.9 Å². The lowest BCUT2D eigenvalue weighted by molar-refractivity contribution is -0.122. The number of ketones is 1. The van der Waals surface area contributed by atoms with Gasteiger partial charge in [0.15, 0.2) is 0 Å². The van der Waals surface area contributed by atoms with Gasteiger partial charge in [0.05, 0.1) is 0 Å². The summed E-state index contributed by atoms with van der Waals surface area (Å²) in [6.07, 6.45) is 4.56. The summed E-state index contributed by atoms with van der Waals surface area (Å²) >= 11 is 0. The van der Waals surface area contributed by atoms with Gasteiger partial charge >= 0.3 is 7.60 Å². The first-order valence-corrected chi connectivity index (χ1v) is 13.2. The third-order valence-electron chi connectivity index (χ3n) is 5.96. The fourth-order valence-corrected chi connectivity index (χ4v) is 5.72. The van der Waals surface area contributed by atoms with Gasteiger partial charge < -0.3 is 9.05 Å². The summed E-state index contributed by atoms with van der Waals surface area (Å²) in [4.78, 5) is 13.2. The molecule has 0 heterocycles. The molecule has 3 aromatic rings. The Labute approximate surface area is 200 Å². The van der Waals surface area contributed by atoms with Crippen LogP contribution in [-0.4, -0.2) is 5.78 Å². The molecule has 3 aromatic carbocycles. The highest BCUT2D eigenvalue weighted by molar-refractivity contribution is 7.59. The Morgan fingerprint density at radius 3 is 1.74 bits per heavy atom. The van der Waals surface area contributed by atoms with Crippen molar-refractivity contribution >= 4 is 19.0 Å². The first-order chi connectivity index (χ1) is 16.5. The number of hydrogen-bond donors (Lipinski definition) is 0. The third-order valence-corrected chi connectivity index (χ3v) is 7.61. The summed E-state index contributed by atoms with van der Waals surface area (Å²) in [7, 11) is -4.51. The fourth-order valence-electron chi connectivity index (χ4n) is 4.18. The van der Waals surface area contributed by atoms with Crippen molar-refractivity contribution in [3.63, 3.8) is 0 Å². The van der Waals surface area contributed by atoms with Crippen molar-refractivity contribution in [1.82, 2.24) is 0 Å². The molecule has 176 valence electrons. The van der Waals surface area contributed by atoms with Gasteiger partial charge in [0.25, 0.3) is 0 Å². The quantitative estimate of drug-likeness (QED) is 0.291. The zero-order valence-corrected chi connectivity index (χ0v) is 19.8. The molecule has 4 nitrogen and oxygen atoms in total. The number of para-hydroxylation sites is 2. The first-order valence-electron chi connectivity index (χ1n) is 11.6. The molecular formula is C28H28FO4P. The molecule has 0 unspecified atom stereocenters. The van der Waals surface area contributed by atoms with Crippen LogP contribution in [0.5, 0.6) is 11.5 Å². The lowest BCUT2D eigenvalue weighted by Crippen LogP contribution is -2.18. The largest absolute Gasteiger partial charge is 0.491 e. The minimum Gasteiger partial charge on any atom is -0.411 e. The Balaban J connectivity index is 1.76. The van der Waals surface area contributed by atoms with Crippen molar-refractivity contribution in [1.29, 1.82) is 0 Å². The first kappa shape index (κ1) is 24.0. The standard InChI is InChI=1S/C28H28FO4P/c29-28(26(22-13-5-1-6-14-22)21-27(30)23-15-7-2-8-16-23)34(31,32-24-17-9-3-10-18-24)33-25-19-11-4-12-20-25/h1,3-6,9-14,17-20,23H,2,7-8,15-16,21H2/b28-26+. The Morgan fingerprint density at radius 2 is 1.24 bits per heavy atom. The average molecular weight is 479 g/mol. The van der Waals surface area contributed by atoms with Crippen molar-refractivity contribution in [3.8, 4) is 11.5 Å². The van der Waals surface area contributed by atoms with Crippen LogP contribution in [0, 0.1) is 5.92 Å². The molecule has 0 spiro atoms. The number of hydrogen-bond acceptors (Lipinski definition) is 4. The smallest absolute Gasteiger partial charge is 0.411 e. The minimum atomic E-state index is -4.51. The highest BCUT2D eigenvalue weighted by Gasteiger charge is 2.39.